The third-order valence-corrected chi connectivity index (χ3v) is 4.32. The summed E-state index contributed by atoms with van der Waals surface area (Å²) in [5, 5.41) is 0. The molecule has 25 heavy (non-hydrogen) atoms. The third kappa shape index (κ3) is 3.68. The number of carbonyl (C=O) groups excluding carboxylic acids is 1. The van der Waals surface area contributed by atoms with Crippen LogP contribution in [0, 0.1) is 0 Å². The van der Waals surface area contributed by atoms with Gasteiger partial charge in [-0.05, 0) is 25.1 Å². The van der Waals surface area contributed by atoms with Gasteiger partial charge in [0.2, 0.25) is 5.88 Å². The molecule has 0 N–H and O–H groups in total. The normalized spacial score (nSPS) is 16.0. The van der Waals surface area contributed by atoms with Gasteiger partial charge in [0.05, 0.1) is 31.5 Å². The number of carbonyl (C=O) groups is 1. The number of ether oxygens (including phenoxy) is 2. The Kier molecular flexibility index (Phi) is 5.07. The molecule has 1 amide bonds. The Hall–Kier alpha value is -2.76. The van der Waals surface area contributed by atoms with Crippen molar-refractivity contribution in [3.63, 3.8) is 0 Å². The molecule has 0 fully saturated rings. The third-order valence-electron chi connectivity index (χ3n) is 4.32. The molecular formula is C19H23N3O3. The fourth-order valence-corrected chi connectivity index (χ4v) is 3.01. The van der Waals surface area contributed by atoms with Crippen molar-refractivity contribution in [3.05, 3.63) is 48.2 Å². The predicted octanol–water partition coefficient (Wildman–Crippen LogP) is 2.45. The van der Waals surface area contributed by atoms with E-state index in [1.165, 1.54) is 6.20 Å². The number of likely N-dealkylation sites (N-methyl/N-ethyl adjacent to an activating group) is 2. The molecule has 1 aromatic heterocycles. The van der Waals surface area contributed by atoms with Gasteiger partial charge in [0.25, 0.3) is 5.91 Å². The summed E-state index contributed by atoms with van der Waals surface area (Å²) < 4.78 is 11.1. The molecule has 3 rings (SSSR count). The smallest absolute Gasteiger partial charge is 0.255 e. The van der Waals surface area contributed by atoms with E-state index in [2.05, 4.69) is 22.9 Å². The maximum atomic E-state index is 12.6. The Bertz CT molecular complexity index is 733. The minimum absolute atomic E-state index is 0.0741. The monoisotopic (exact) mass is 341 g/mol. The van der Waals surface area contributed by atoms with Gasteiger partial charge in [0, 0.05) is 25.9 Å². The van der Waals surface area contributed by atoms with Crippen molar-refractivity contribution in [3.8, 4) is 11.6 Å². The predicted molar refractivity (Wildman–Crippen MR) is 96.5 cm³/mol. The van der Waals surface area contributed by atoms with E-state index in [0.717, 1.165) is 24.5 Å². The maximum absolute atomic E-state index is 12.6. The second-order valence-corrected chi connectivity index (χ2v) is 6.02. The molecule has 0 unspecified atom stereocenters. The number of pyridine rings is 1. The second-order valence-electron chi connectivity index (χ2n) is 6.02. The number of fused-ring (bicyclic) bond motifs is 1. The van der Waals surface area contributed by atoms with Crippen LogP contribution in [0.1, 0.15) is 17.3 Å². The van der Waals surface area contributed by atoms with Crippen LogP contribution >= 0.6 is 0 Å². The van der Waals surface area contributed by atoms with E-state index in [4.69, 9.17) is 9.47 Å². The van der Waals surface area contributed by atoms with E-state index in [-0.39, 0.29) is 12.0 Å². The Morgan fingerprint density at radius 3 is 2.84 bits per heavy atom. The van der Waals surface area contributed by atoms with E-state index in [1.807, 2.05) is 18.2 Å². The highest BCUT2D eigenvalue weighted by molar-refractivity contribution is 5.93. The summed E-state index contributed by atoms with van der Waals surface area (Å²) >= 11 is 0. The Morgan fingerprint density at radius 2 is 2.16 bits per heavy atom. The van der Waals surface area contributed by atoms with Crippen LogP contribution in [0.25, 0.3) is 0 Å². The molecule has 0 aliphatic carbocycles. The van der Waals surface area contributed by atoms with E-state index in [9.17, 15) is 4.79 Å². The zero-order valence-corrected chi connectivity index (χ0v) is 14.8. The topological polar surface area (TPSA) is 54.9 Å². The molecule has 0 saturated heterocycles. The number of benzene rings is 1. The van der Waals surface area contributed by atoms with Crippen molar-refractivity contribution in [1.29, 1.82) is 0 Å². The van der Waals surface area contributed by atoms with Crippen LogP contribution in [0.2, 0.25) is 0 Å². The number of hydrogen-bond acceptors (Lipinski definition) is 5. The lowest BCUT2D eigenvalue weighted by molar-refractivity contribution is 0.0709. The fraction of sp³-hybridized carbons (Fsp3) is 0.368. The highest BCUT2D eigenvalue weighted by atomic mass is 16.5. The average Bonchev–Trinajstić information content (AvgIpc) is 2.66. The first-order valence-electron chi connectivity index (χ1n) is 8.38. The van der Waals surface area contributed by atoms with Gasteiger partial charge in [-0.3, -0.25) is 4.79 Å². The zero-order valence-electron chi connectivity index (χ0n) is 14.8. The van der Waals surface area contributed by atoms with Crippen LogP contribution < -0.4 is 14.4 Å². The molecule has 1 aliphatic rings. The van der Waals surface area contributed by atoms with Crippen LogP contribution in [0.15, 0.2) is 42.6 Å². The number of hydrogen-bond donors (Lipinski definition) is 0. The van der Waals surface area contributed by atoms with Crippen molar-refractivity contribution in [2.24, 2.45) is 0 Å². The van der Waals surface area contributed by atoms with Crippen LogP contribution in [0.3, 0.4) is 0 Å². The van der Waals surface area contributed by atoms with Crippen molar-refractivity contribution >= 4 is 11.6 Å². The molecule has 6 nitrogen and oxygen atoms in total. The van der Waals surface area contributed by atoms with Gasteiger partial charge in [0.15, 0.2) is 0 Å². The molecule has 1 atom stereocenters. The molecule has 0 radical (unpaired) electrons. The maximum Gasteiger partial charge on any atom is 0.255 e. The summed E-state index contributed by atoms with van der Waals surface area (Å²) in [7, 11) is 3.33. The number of nitrogens with zero attached hydrogens (tertiary/aromatic N) is 3. The standard InChI is InChI=1S/C19H23N3O3/c1-4-22-13-15(25-17-8-6-5-7-16(17)22)12-21(2)19(23)14-9-10-18(24-3)20-11-14/h5-11,15H,4,12-13H2,1-3H3/t15-/m0/s1. The van der Waals surface area contributed by atoms with E-state index in [0.29, 0.717) is 18.0 Å². The Labute approximate surface area is 148 Å². The van der Waals surface area contributed by atoms with Gasteiger partial charge in [-0.1, -0.05) is 12.1 Å². The van der Waals surface area contributed by atoms with Gasteiger partial charge < -0.3 is 19.3 Å². The largest absolute Gasteiger partial charge is 0.485 e. The van der Waals surface area contributed by atoms with E-state index in [1.54, 1.807) is 31.2 Å². The molecule has 1 aliphatic heterocycles. The number of para-hydroxylation sites is 2. The van der Waals surface area contributed by atoms with Crippen LogP contribution in [0.4, 0.5) is 5.69 Å². The lowest BCUT2D eigenvalue weighted by Crippen LogP contribution is -2.46. The lowest BCUT2D eigenvalue weighted by Gasteiger charge is -2.37. The molecule has 2 heterocycles. The highest BCUT2D eigenvalue weighted by Crippen LogP contribution is 2.32. The molecule has 2 aromatic rings. The van der Waals surface area contributed by atoms with Crippen molar-refractivity contribution in [2.75, 3.05) is 38.7 Å². The number of anilines is 1. The van der Waals surface area contributed by atoms with Gasteiger partial charge in [0.1, 0.15) is 11.9 Å². The molecule has 1 aromatic carbocycles. The van der Waals surface area contributed by atoms with Crippen molar-refractivity contribution in [2.45, 2.75) is 13.0 Å². The average molecular weight is 341 g/mol. The summed E-state index contributed by atoms with van der Waals surface area (Å²) in [6.07, 6.45) is 1.46. The van der Waals surface area contributed by atoms with Crippen LogP contribution in [-0.4, -0.2) is 55.7 Å². The van der Waals surface area contributed by atoms with Crippen LogP contribution in [-0.2, 0) is 0 Å². The van der Waals surface area contributed by atoms with Crippen molar-refractivity contribution < 1.29 is 14.3 Å². The first-order chi connectivity index (χ1) is 12.1. The molecule has 6 heteroatoms. The second kappa shape index (κ2) is 7.42. The zero-order chi connectivity index (χ0) is 17.8. The minimum atomic E-state index is -0.0827. The number of rotatable bonds is 5. The molecule has 132 valence electrons. The molecular weight excluding hydrogens is 318 g/mol. The Morgan fingerprint density at radius 1 is 1.36 bits per heavy atom. The van der Waals surface area contributed by atoms with Crippen molar-refractivity contribution in [1.82, 2.24) is 9.88 Å². The number of methoxy groups -OCH3 is 1. The summed E-state index contributed by atoms with van der Waals surface area (Å²) in [6, 6.07) is 11.4. The molecule has 0 bridgehead atoms. The van der Waals surface area contributed by atoms with Gasteiger partial charge >= 0.3 is 0 Å². The van der Waals surface area contributed by atoms with Gasteiger partial charge in [-0.15, -0.1) is 0 Å². The van der Waals surface area contributed by atoms with Gasteiger partial charge in [-0.25, -0.2) is 4.98 Å². The fourth-order valence-electron chi connectivity index (χ4n) is 3.01. The highest BCUT2D eigenvalue weighted by Gasteiger charge is 2.27. The minimum Gasteiger partial charge on any atom is -0.485 e. The summed E-state index contributed by atoms with van der Waals surface area (Å²) in [6.45, 7) is 4.29. The summed E-state index contributed by atoms with van der Waals surface area (Å²) in [5.41, 5.74) is 1.64. The lowest BCUT2D eigenvalue weighted by atomic mass is 10.1. The SMILES string of the molecule is CCN1C[C@H](CN(C)C(=O)c2ccc(OC)nc2)Oc2ccccc21. The number of aromatic nitrogens is 1. The van der Waals surface area contributed by atoms with E-state index < -0.39 is 0 Å². The molecule has 0 saturated carbocycles. The summed E-state index contributed by atoms with van der Waals surface area (Å²) in [5.74, 6) is 1.28. The first-order valence-corrected chi connectivity index (χ1v) is 8.38. The summed E-state index contributed by atoms with van der Waals surface area (Å²) in [4.78, 5) is 20.6. The quantitative estimate of drug-likeness (QED) is 0.836. The molecule has 0 spiro atoms. The first kappa shape index (κ1) is 17.1. The number of amides is 1. The van der Waals surface area contributed by atoms with E-state index >= 15 is 0 Å². The van der Waals surface area contributed by atoms with Gasteiger partial charge in [-0.2, -0.15) is 0 Å². The Balaban J connectivity index is 1.68. The van der Waals surface area contributed by atoms with Crippen LogP contribution in [0.5, 0.6) is 11.6 Å².